The van der Waals surface area contributed by atoms with Crippen molar-refractivity contribution in [2.45, 2.75) is 31.2 Å². The molecule has 1 atom stereocenters. The van der Waals surface area contributed by atoms with Gasteiger partial charge in [0.25, 0.3) is 0 Å². The molecule has 0 aliphatic rings. The van der Waals surface area contributed by atoms with Crippen molar-refractivity contribution >= 4 is 33.4 Å². The smallest absolute Gasteiger partial charge is 0.416 e. The van der Waals surface area contributed by atoms with E-state index in [9.17, 15) is 41.0 Å². The minimum atomic E-state index is -5.06. The van der Waals surface area contributed by atoms with Crippen molar-refractivity contribution in [2.24, 2.45) is 0 Å². The molecule has 4 aromatic rings. The van der Waals surface area contributed by atoms with E-state index in [1.54, 1.807) is 24.3 Å². The standard InChI is InChI=1S/C27H19F6NO3/c28-26(29,30)18-9-15(10-19(13-18)27(31,32)33)11-24(35)34-23(25(36)37)14-22-20-7-3-1-5-16(20)12-17-6-2-4-8-21(17)22/h1-10,12-13,23H,11,14H2,(H,34,35)(H,36,37)/t23-/m0/s1. The number of carboxylic acids is 1. The molecule has 0 aliphatic heterocycles. The molecule has 0 heterocycles. The van der Waals surface area contributed by atoms with E-state index in [0.717, 1.165) is 21.5 Å². The summed E-state index contributed by atoms with van der Waals surface area (Å²) < 4.78 is 78.8. The molecule has 4 nitrogen and oxygen atoms in total. The van der Waals surface area contributed by atoms with Crippen LogP contribution in [-0.2, 0) is 34.8 Å². The van der Waals surface area contributed by atoms with E-state index in [1.165, 1.54) is 0 Å². The monoisotopic (exact) mass is 519 g/mol. The van der Waals surface area contributed by atoms with E-state index in [-0.39, 0.29) is 12.5 Å². The molecule has 0 fully saturated rings. The molecule has 37 heavy (non-hydrogen) atoms. The Kier molecular flexibility index (Phi) is 6.86. The van der Waals surface area contributed by atoms with Crippen LogP contribution < -0.4 is 5.32 Å². The topological polar surface area (TPSA) is 66.4 Å². The van der Waals surface area contributed by atoms with Gasteiger partial charge < -0.3 is 10.4 Å². The van der Waals surface area contributed by atoms with Crippen LogP contribution in [0.1, 0.15) is 22.3 Å². The van der Waals surface area contributed by atoms with Crippen LogP contribution >= 0.6 is 0 Å². The van der Waals surface area contributed by atoms with Gasteiger partial charge in [0.15, 0.2) is 0 Å². The first kappa shape index (κ1) is 26.0. The van der Waals surface area contributed by atoms with Gasteiger partial charge >= 0.3 is 18.3 Å². The minimum Gasteiger partial charge on any atom is -0.480 e. The van der Waals surface area contributed by atoms with Gasteiger partial charge in [-0.15, -0.1) is 0 Å². The zero-order chi connectivity index (χ0) is 27.0. The van der Waals surface area contributed by atoms with Crippen LogP contribution in [0.3, 0.4) is 0 Å². The molecule has 0 aliphatic carbocycles. The lowest BCUT2D eigenvalue weighted by Crippen LogP contribution is -2.43. The summed E-state index contributed by atoms with van der Waals surface area (Å²) in [5, 5.41) is 15.2. The Morgan fingerprint density at radius 1 is 0.757 bits per heavy atom. The van der Waals surface area contributed by atoms with E-state index >= 15 is 0 Å². The molecule has 4 rings (SSSR count). The maximum absolute atomic E-state index is 13.1. The second-order valence-electron chi connectivity index (χ2n) is 8.55. The van der Waals surface area contributed by atoms with Gasteiger partial charge in [-0.1, -0.05) is 48.5 Å². The normalized spacial score (nSPS) is 13.0. The van der Waals surface area contributed by atoms with Gasteiger partial charge in [-0.2, -0.15) is 26.3 Å². The van der Waals surface area contributed by atoms with Gasteiger partial charge in [0.05, 0.1) is 17.5 Å². The summed E-state index contributed by atoms with van der Waals surface area (Å²) in [4.78, 5) is 24.7. The molecule has 10 heteroatoms. The largest absolute Gasteiger partial charge is 0.480 e. The zero-order valence-electron chi connectivity index (χ0n) is 19.0. The summed E-state index contributed by atoms with van der Waals surface area (Å²) in [6, 6.07) is 15.8. The van der Waals surface area contributed by atoms with Crippen LogP contribution in [0.5, 0.6) is 0 Å². The molecule has 192 valence electrons. The van der Waals surface area contributed by atoms with Gasteiger partial charge in [0.2, 0.25) is 5.91 Å². The van der Waals surface area contributed by atoms with Crippen LogP contribution in [0.4, 0.5) is 26.3 Å². The van der Waals surface area contributed by atoms with Crippen molar-refractivity contribution < 1.29 is 41.0 Å². The molecule has 0 bridgehead atoms. The van der Waals surface area contributed by atoms with Crippen LogP contribution in [0, 0.1) is 0 Å². The highest BCUT2D eigenvalue weighted by Crippen LogP contribution is 2.36. The van der Waals surface area contributed by atoms with Crippen LogP contribution in [-0.4, -0.2) is 23.0 Å². The van der Waals surface area contributed by atoms with Crippen molar-refractivity contribution in [1.29, 1.82) is 0 Å². The summed E-state index contributed by atoms with van der Waals surface area (Å²) in [5.41, 5.74) is -3.01. The molecule has 4 aromatic carbocycles. The predicted octanol–water partition coefficient (Wildman–Crippen LogP) is 6.39. The fourth-order valence-corrected chi connectivity index (χ4v) is 4.28. The zero-order valence-corrected chi connectivity index (χ0v) is 19.0. The fourth-order valence-electron chi connectivity index (χ4n) is 4.28. The number of nitrogens with one attached hydrogen (secondary N) is 1. The molecule has 0 saturated carbocycles. The molecular weight excluding hydrogens is 500 g/mol. The maximum atomic E-state index is 13.1. The first-order valence-corrected chi connectivity index (χ1v) is 11.0. The number of halogens is 6. The fraction of sp³-hybridized carbons (Fsp3) is 0.185. The van der Waals surface area contributed by atoms with Gasteiger partial charge in [-0.05, 0) is 56.9 Å². The van der Waals surface area contributed by atoms with Gasteiger partial charge in [-0.25, -0.2) is 4.79 Å². The number of amides is 1. The molecule has 2 N–H and O–H groups in total. The quantitative estimate of drug-likeness (QED) is 0.229. The number of hydrogen-bond donors (Lipinski definition) is 2. The average molecular weight is 519 g/mol. The first-order chi connectivity index (χ1) is 17.3. The van der Waals surface area contributed by atoms with Crippen molar-refractivity contribution in [2.75, 3.05) is 0 Å². The molecule has 0 unspecified atom stereocenters. The highest BCUT2D eigenvalue weighted by Gasteiger charge is 2.37. The number of carbonyl (C=O) groups excluding carboxylic acids is 1. The minimum absolute atomic E-state index is 0.0346. The van der Waals surface area contributed by atoms with Crippen molar-refractivity contribution in [1.82, 2.24) is 5.32 Å². The number of carbonyl (C=O) groups is 2. The number of benzene rings is 4. The first-order valence-electron chi connectivity index (χ1n) is 11.0. The molecule has 0 spiro atoms. The third kappa shape index (κ3) is 5.84. The number of fused-ring (bicyclic) bond motifs is 2. The van der Waals surface area contributed by atoms with Crippen molar-refractivity contribution in [3.05, 3.63) is 95.1 Å². The number of hydrogen-bond acceptors (Lipinski definition) is 2. The Morgan fingerprint density at radius 3 is 1.70 bits per heavy atom. The van der Waals surface area contributed by atoms with Crippen LogP contribution in [0.15, 0.2) is 72.8 Å². The Balaban J connectivity index is 1.64. The second-order valence-corrected chi connectivity index (χ2v) is 8.55. The molecule has 1 amide bonds. The molecule has 0 saturated heterocycles. The molecule has 0 aromatic heterocycles. The van der Waals surface area contributed by atoms with E-state index in [0.29, 0.717) is 17.7 Å². The van der Waals surface area contributed by atoms with Crippen molar-refractivity contribution in [3.63, 3.8) is 0 Å². The lowest BCUT2D eigenvalue weighted by molar-refractivity contribution is -0.143. The summed E-state index contributed by atoms with van der Waals surface area (Å²) in [5.74, 6) is -2.42. The number of aliphatic carboxylic acids is 1. The highest BCUT2D eigenvalue weighted by molar-refractivity contribution is 6.02. The van der Waals surface area contributed by atoms with E-state index in [2.05, 4.69) is 5.32 Å². The Hall–Kier alpha value is -4.08. The van der Waals surface area contributed by atoms with Crippen LogP contribution in [0.25, 0.3) is 21.5 Å². The average Bonchev–Trinajstić information content (AvgIpc) is 2.81. The number of alkyl halides is 6. The van der Waals surface area contributed by atoms with E-state index in [1.807, 2.05) is 30.3 Å². The lowest BCUT2D eigenvalue weighted by atomic mass is 9.92. The third-order valence-electron chi connectivity index (χ3n) is 5.94. The van der Waals surface area contributed by atoms with E-state index < -0.39 is 53.4 Å². The molecule has 0 radical (unpaired) electrons. The Morgan fingerprint density at radius 2 is 1.24 bits per heavy atom. The van der Waals surface area contributed by atoms with Crippen molar-refractivity contribution in [3.8, 4) is 0 Å². The van der Waals surface area contributed by atoms with Gasteiger partial charge in [0.1, 0.15) is 6.04 Å². The second kappa shape index (κ2) is 9.76. The third-order valence-corrected chi connectivity index (χ3v) is 5.94. The summed E-state index contributed by atoms with van der Waals surface area (Å²) in [6.07, 6.45) is -11.1. The molecular formula is C27H19F6NO3. The Bertz CT molecular complexity index is 1410. The van der Waals surface area contributed by atoms with E-state index in [4.69, 9.17) is 0 Å². The predicted molar refractivity (Wildman–Crippen MR) is 125 cm³/mol. The SMILES string of the molecule is O=C(Cc1cc(C(F)(F)F)cc(C(F)(F)F)c1)N[C@@H](Cc1c2ccccc2cc2ccccc12)C(=O)O. The summed E-state index contributed by atoms with van der Waals surface area (Å²) in [7, 11) is 0. The summed E-state index contributed by atoms with van der Waals surface area (Å²) >= 11 is 0. The number of rotatable bonds is 6. The van der Waals surface area contributed by atoms with Gasteiger partial charge in [-0.3, -0.25) is 4.79 Å². The van der Waals surface area contributed by atoms with Crippen LogP contribution in [0.2, 0.25) is 0 Å². The number of carboxylic acid groups (broad SMARTS) is 1. The summed E-state index contributed by atoms with van der Waals surface area (Å²) in [6.45, 7) is 0. The lowest BCUT2D eigenvalue weighted by Gasteiger charge is -2.19. The highest BCUT2D eigenvalue weighted by atomic mass is 19.4. The van der Waals surface area contributed by atoms with Gasteiger partial charge in [0, 0.05) is 6.42 Å². The Labute approximate surface area is 206 Å². The maximum Gasteiger partial charge on any atom is 0.416 e.